The Hall–Kier alpha value is -1.36. The van der Waals surface area contributed by atoms with Gasteiger partial charge < -0.3 is 9.64 Å². The monoisotopic (exact) mass is 275 g/mol. The predicted octanol–water partition coefficient (Wildman–Crippen LogP) is 2.88. The van der Waals surface area contributed by atoms with Crippen LogP contribution in [0.2, 0.25) is 0 Å². The Bertz CT molecular complexity index is 442. The summed E-state index contributed by atoms with van der Waals surface area (Å²) in [6.45, 7) is -2.47. The number of para-hydroxylation sites is 2. The van der Waals surface area contributed by atoms with Gasteiger partial charge in [0.1, 0.15) is 5.75 Å². The molecule has 0 spiro atoms. The number of amides is 1. The van der Waals surface area contributed by atoms with E-state index in [1.807, 2.05) is 0 Å². The number of hydrogen-bond donors (Lipinski definition) is 0. The molecule has 1 atom stereocenters. The van der Waals surface area contributed by atoms with E-state index in [0.717, 1.165) is 0 Å². The standard InChI is InChI=1S/C12H12ClF2NO2/c13-6-8-5-11(17)16(7-8)9-3-1-2-4-10(9)18-12(14)15/h1-4,8,12H,5-7H2. The average molecular weight is 276 g/mol. The molecule has 2 rings (SSSR count). The minimum absolute atomic E-state index is 0.0103. The molecule has 0 bridgehead atoms. The number of halogens is 3. The SMILES string of the molecule is O=C1CC(CCl)CN1c1ccccc1OC(F)F. The summed E-state index contributed by atoms with van der Waals surface area (Å²) >= 11 is 5.72. The number of benzene rings is 1. The molecule has 1 fully saturated rings. The summed E-state index contributed by atoms with van der Waals surface area (Å²) in [6.07, 6.45) is 0.340. The fraction of sp³-hybridized carbons (Fsp3) is 0.417. The summed E-state index contributed by atoms with van der Waals surface area (Å²) in [5.41, 5.74) is 0.371. The van der Waals surface area contributed by atoms with Crippen molar-refractivity contribution in [2.75, 3.05) is 17.3 Å². The lowest BCUT2D eigenvalue weighted by molar-refractivity contribution is -0.117. The van der Waals surface area contributed by atoms with Gasteiger partial charge in [-0.2, -0.15) is 8.78 Å². The number of carbonyl (C=O) groups excluding carboxylic acids is 1. The zero-order chi connectivity index (χ0) is 13.1. The molecule has 0 N–H and O–H groups in total. The van der Waals surface area contributed by atoms with Gasteiger partial charge in [0.25, 0.3) is 0 Å². The van der Waals surface area contributed by atoms with Crippen molar-refractivity contribution in [2.45, 2.75) is 13.0 Å². The molecule has 1 heterocycles. The molecule has 0 radical (unpaired) electrons. The van der Waals surface area contributed by atoms with Gasteiger partial charge in [-0.25, -0.2) is 0 Å². The maximum atomic E-state index is 12.3. The molecule has 1 unspecified atom stereocenters. The zero-order valence-corrected chi connectivity index (χ0v) is 10.2. The van der Waals surface area contributed by atoms with Crippen LogP contribution in [0.25, 0.3) is 0 Å². The third-order valence-corrected chi connectivity index (χ3v) is 3.23. The van der Waals surface area contributed by atoms with E-state index in [-0.39, 0.29) is 17.6 Å². The van der Waals surface area contributed by atoms with Crippen molar-refractivity contribution < 1.29 is 18.3 Å². The first-order valence-electron chi connectivity index (χ1n) is 5.52. The highest BCUT2D eigenvalue weighted by molar-refractivity contribution is 6.18. The summed E-state index contributed by atoms with van der Waals surface area (Å²) in [6, 6.07) is 6.27. The number of ether oxygens (including phenoxy) is 1. The van der Waals surface area contributed by atoms with Crippen LogP contribution >= 0.6 is 11.6 Å². The van der Waals surface area contributed by atoms with Crippen LogP contribution in [0.3, 0.4) is 0 Å². The van der Waals surface area contributed by atoms with Crippen LogP contribution in [-0.4, -0.2) is 24.9 Å². The number of alkyl halides is 3. The van der Waals surface area contributed by atoms with Crippen LogP contribution in [0.15, 0.2) is 24.3 Å². The van der Waals surface area contributed by atoms with Crippen LogP contribution in [0.1, 0.15) is 6.42 Å². The Morgan fingerprint density at radius 2 is 2.17 bits per heavy atom. The van der Waals surface area contributed by atoms with E-state index in [0.29, 0.717) is 24.5 Å². The van der Waals surface area contributed by atoms with E-state index in [1.54, 1.807) is 18.2 Å². The minimum Gasteiger partial charge on any atom is -0.433 e. The Balaban J connectivity index is 2.25. The normalized spacial score (nSPS) is 19.7. The van der Waals surface area contributed by atoms with Crippen LogP contribution in [-0.2, 0) is 4.79 Å². The van der Waals surface area contributed by atoms with Crippen molar-refractivity contribution in [3.8, 4) is 5.75 Å². The second-order valence-electron chi connectivity index (χ2n) is 4.08. The molecule has 1 aliphatic rings. The Kier molecular flexibility index (Phi) is 4.01. The second kappa shape index (κ2) is 5.52. The van der Waals surface area contributed by atoms with Crippen LogP contribution in [0.4, 0.5) is 14.5 Å². The Morgan fingerprint density at radius 1 is 1.44 bits per heavy atom. The van der Waals surface area contributed by atoms with Crippen molar-refractivity contribution in [2.24, 2.45) is 5.92 Å². The van der Waals surface area contributed by atoms with Crippen molar-refractivity contribution >= 4 is 23.2 Å². The number of rotatable bonds is 4. The first-order valence-corrected chi connectivity index (χ1v) is 6.05. The second-order valence-corrected chi connectivity index (χ2v) is 4.38. The third-order valence-electron chi connectivity index (χ3n) is 2.80. The van der Waals surface area contributed by atoms with Crippen LogP contribution < -0.4 is 9.64 Å². The molecule has 1 aliphatic heterocycles. The van der Waals surface area contributed by atoms with Gasteiger partial charge in [-0.15, -0.1) is 11.6 Å². The Labute approximate surface area is 108 Å². The highest BCUT2D eigenvalue weighted by Crippen LogP contribution is 2.33. The minimum atomic E-state index is -2.91. The number of carbonyl (C=O) groups is 1. The molecule has 0 saturated carbocycles. The molecule has 1 aromatic carbocycles. The van der Waals surface area contributed by atoms with Gasteiger partial charge in [0.2, 0.25) is 5.91 Å². The molecular formula is C12H12ClF2NO2. The van der Waals surface area contributed by atoms with Gasteiger partial charge in [-0.05, 0) is 18.1 Å². The van der Waals surface area contributed by atoms with Gasteiger partial charge in [0, 0.05) is 18.8 Å². The van der Waals surface area contributed by atoms with E-state index in [4.69, 9.17) is 11.6 Å². The average Bonchev–Trinajstić information content (AvgIpc) is 2.70. The van der Waals surface area contributed by atoms with Gasteiger partial charge in [0.15, 0.2) is 0 Å². The first kappa shape index (κ1) is 13.1. The first-order chi connectivity index (χ1) is 8.61. The largest absolute Gasteiger partial charge is 0.433 e. The number of anilines is 1. The van der Waals surface area contributed by atoms with Crippen molar-refractivity contribution in [3.63, 3.8) is 0 Å². The lowest BCUT2D eigenvalue weighted by atomic mass is 10.1. The summed E-state index contributed by atoms with van der Waals surface area (Å²) in [4.78, 5) is 13.3. The van der Waals surface area contributed by atoms with Crippen LogP contribution in [0, 0.1) is 5.92 Å². The maximum absolute atomic E-state index is 12.3. The maximum Gasteiger partial charge on any atom is 0.387 e. The van der Waals surface area contributed by atoms with E-state index in [9.17, 15) is 13.6 Å². The quantitative estimate of drug-likeness (QED) is 0.791. The molecule has 1 aromatic rings. The smallest absolute Gasteiger partial charge is 0.387 e. The molecule has 1 amide bonds. The topological polar surface area (TPSA) is 29.5 Å². The fourth-order valence-corrected chi connectivity index (χ4v) is 2.20. The Morgan fingerprint density at radius 3 is 2.78 bits per heavy atom. The molecule has 6 heteroatoms. The molecule has 0 aliphatic carbocycles. The highest BCUT2D eigenvalue weighted by Gasteiger charge is 2.31. The third kappa shape index (κ3) is 2.72. The summed E-state index contributed by atoms with van der Waals surface area (Å²) < 4.78 is 29.0. The summed E-state index contributed by atoms with van der Waals surface area (Å²) in [5.74, 6) is 0.320. The van der Waals surface area contributed by atoms with Crippen molar-refractivity contribution in [1.29, 1.82) is 0 Å². The van der Waals surface area contributed by atoms with Gasteiger partial charge >= 0.3 is 6.61 Å². The number of nitrogens with zero attached hydrogens (tertiary/aromatic N) is 1. The predicted molar refractivity (Wildman–Crippen MR) is 64.3 cm³/mol. The summed E-state index contributed by atoms with van der Waals surface area (Å²) in [5, 5.41) is 0. The molecule has 1 saturated heterocycles. The van der Waals surface area contributed by atoms with Crippen molar-refractivity contribution in [1.82, 2.24) is 0 Å². The highest BCUT2D eigenvalue weighted by atomic mass is 35.5. The number of hydrogen-bond acceptors (Lipinski definition) is 2. The lowest BCUT2D eigenvalue weighted by Crippen LogP contribution is -2.25. The molecule has 98 valence electrons. The van der Waals surface area contributed by atoms with Gasteiger partial charge in [-0.3, -0.25) is 4.79 Å². The molecule has 0 aromatic heterocycles. The van der Waals surface area contributed by atoms with Crippen molar-refractivity contribution in [3.05, 3.63) is 24.3 Å². The van der Waals surface area contributed by atoms with E-state index < -0.39 is 6.61 Å². The van der Waals surface area contributed by atoms with E-state index in [2.05, 4.69) is 4.74 Å². The molecular weight excluding hydrogens is 264 g/mol. The van der Waals surface area contributed by atoms with E-state index in [1.165, 1.54) is 11.0 Å². The van der Waals surface area contributed by atoms with E-state index >= 15 is 0 Å². The van der Waals surface area contributed by atoms with Gasteiger partial charge in [0.05, 0.1) is 5.69 Å². The lowest BCUT2D eigenvalue weighted by Gasteiger charge is -2.19. The fourth-order valence-electron chi connectivity index (χ4n) is 1.99. The van der Waals surface area contributed by atoms with Crippen LogP contribution in [0.5, 0.6) is 5.75 Å². The summed E-state index contributed by atoms with van der Waals surface area (Å²) in [7, 11) is 0. The van der Waals surface area contributed by atoms with Gasteiger partial charge in [-0.1, -0.05) is 12.1 Å². The zero-order valence-electron chi connectivity index (χ0n) is 9.48. The molecule has 18 heavy (non-hydrogen) atoms. The molecule has 3 nitrogen and oxygen atoms in total.